The monoisotopic (exact) mass is 456 g/mol. The molecule has 0 aliphatic rings. The number of anilines is 2. The molecule has 0 aromatic heterocycles. The second kappa shape index (κ2) is 8.91. The quantitative estimate of drug-likeness (QED) is 0.498. The minimum absolute atomic E-state index is 0.0141. The summed E-state index contributed by atoms with van der Waals surface area (Å²) < 4.78 is 28.2. The molecule has 0 aliphatic carbocycles. The van der Waals surface area contributed by atoms with Gasteiger partial charge in [-0.3, -0.25) is 14.3 Å². The molecule has 0 saturated carbocycles. The zero-order valence-corrected chi connectivity index (χ0v) is 18.8. The number of aryl methyl sites for hydroxylation is 2. The van der Waals surface area contributed by atoms with Crippen LogP contribution in [0.4, 0.5) is 11.4 Å². The van der Waals surface area contributed by atoms with Crippen LogP contribution in [-0.4, -0.2) is 20.1 Å². The van der Waals surface area contributed by atoms with Gasteiger partial charge in [0.15, 0.2) is 5.78 Å². The van der Waals surface area contributed by atoms with Crippen molar-refractivity contribution >= 4 is 44.7 Å². The van der Waals surface area contributed by atoms with E-state index in [0.717, 1.165) is 11.1 Å². The lowest BCUT2D eigenvalue weighted by molar-refractivity contribution is 0.101. The van der Waals surface area contributed by atoms with Gasteiger partial charge in [0.05, 0.1) is 15.5 Å². The first kappa shape index (κ1) is 22.5. The van der Waals surface area contributed by atoms with Gasteiger partial charge in [-0.05, 0) is 86.5 Å². The zero-order chi connectivity index (χ0) is 22.8. The van der Waals surface area contributed by atoms with Gasteiger partial charge < -0.3 is 5.32 Å². The van der Waals surface area contributed by atoms with Crippen LogP contribution >= 0.6 is 11.6 Å². The average molecular weight is 457 g/mol. The molecule has 160 valence electrons. The van der Waals surface area contributed by atoms with E-state index in [4.69, 9.17) is 11.6 Å². The van der Waals surface area contributed by atoms with Gasteiger partial charge in [0, 0.05) is 16.9 Å². The molecule has 6 nitrogen and oxygen atoms in total. The first-order valence-corrected chi connectivity index (χ1v) is 11.2. The van der Waals surface area contributed by atoms with Gasteiger partial charge in [0.1, 0.15) is 0 Å². The van der Waals surface area contributed by atoms with E-state index in [9.17, 15) is 18.0 Å². The number of Topliss-reactive ketones (excluding diaryl/α,β-unsaturated/α-hetero) is 1. The van der Waals surface area contributed by atoms with Gasteiger partial charge in [-0.25, -0.2) is 8.42 Å². The molecule has 0 aliphatic heterocycles. The second-order valence-electron chi connectivity index (χ2n) is 7.13. The second-order valence-corrected chi connectivity index (χ2v) is 9.22. The van der Waals surface area contributed by atoms with Crippen molar-refractivity contribution in [1.29, 1.82) is 0 Å². The molecule has 3 aromatic carbocycles. The molecule has 0 heterocycles. The van der Waals surface area contributed by atoms with Crippen molar-refractivity contribution in [3.05, 3.63) is 87.9 Å². The summed E-state index contributed by atoms with van der Waals surface area (Å²) in [5.41, 5.74) is 3.40. The van der Waals surface area contributed by atoms with Gasteiger partial charge in [0.2, 0.25) is 0 Å². The Morgan fingerprint density at radius 3 is 2.10 bits per heavy atom. The Morgan fingerprint density at radius 2 is 1.48 bits per heavy atom. The molecule has 0 spiro atoms. The van der Waals surface area contributed by atoms with E-state index in [1.54, 1.807) is 36.4 Å². The maximum Gasteiger partial charge on any atom is 0.261 e. The molecular formula is C23H21ClN2O4S. The number of hydrogen-bond acceptors (Lipinski definition) is 4. The number of carbonyl (C=O) groups excluding carboxylic acids is 2. The fourth-order valence-corrected chi connectivity index (χ4v) is 4.13. The highest BCUT2D eigenvalue weighted by atomic mass is 35.5. The number of amides is 1. The molecule has 0 unspecified atom stereocenters. The van der Waals surface area contributed by atoms with Crippen molar-refractivity contribution in [1.82, 2.24) is 0 Å². The lowest BCUT2D eigenvalue weighted by Crippen LogP contribution is -2.16. The number of sulfonamides is 1. The van der Waals surface area contributed by atoms with Crippen molar-refractivity contribution in [2.24, 2.45) is 0 Å². The number of benzene rings is 3. The number of nitrogens with one attached hydrogen (secondary N) is 2. The van der Waals surface area contributed by atoms with Crippen LogP contribution in [-0.2, 0) is 10.0 Å². The summed E-state index contributed by atoms with van der Waals surface area (Å²) >= 11 is 6.15. The molecule has 0 bridgehead atoms. The van der Waals surface area contributed by atoms with Crippen molar-refractivity contribution in [2.45, 2.75) is 25.7 Å². The van der Waals surface area contributed by atoms with Crippen LogP contribution in [0.25, 0.3) is 0 Å². The Bertz CT molecular complexity index is 1270. The predicted molar refractivity (Wildman–Crippen MR) is 123 cm³/mol. The predicted octanol–water partition coefficient (Wildman–Crippen LogP) is 5.21. The van der Waals surface area contributed by atoms with E-state index in [0.29, 0.717) is 16.9 Å². The van der Waals surface area contributed by atoms with Gasteiger partial charge in [-0.1, -0.05) is 17.7 Å². The lowest BCUT2D eigenvalue weighted by Gasteiger charge is -2.12. The van der Waals surface area contributed by atoms with Crippen LogP contribution in [0.2, 0.25) is 5.02 Å². The van der Waals surface area contributed by atoms with Crippen molar-refractivity contribution in [3.63, 3.8) is 0 Å². The molecule has 0 atom stereocenters. The van der Waals surface area contributed by atoms with E-state index in [-0.39, 0.29) is 21.3 Å². The molecule has 1 amide bonds. The van der Waals surface area contributed by atoms with Gasteiger partial charge in [-0.15, -0.1) is 0 Å². The Hall–Kier alpha value is -3.16. The Labute approximate surface area is 186 Å². The number of ketones is 1. The van der Waals surface area contributed by atoms with E-state index in [1.807, 2.05) is 19.9 Å². The van der Waals surface area contributed by atoms with E-state index >= 15 is 0 Å². The van der Waals surface area contributed by atoms with Crippen LogP contribution < -0.4 is 10.0 Å². The van der Waals surface area contributed by atoms with Gasteiger partial charge in [-0.2, -0.15) is 0 Å². The summed E-state index contributed by atoms with van der Waals surface area (Å²) in [6.07, 6.45) is 0. The van der Waals surface area contributed by atoms with Crippen molar-refractivity contribution < 1.29 is 18.0 Å². The zero-order valence-electron chi connectivity index (χ0n) is 17.2. The number of halogens is 1. The first-order valence-electron chi connectivity index (χ1n) is 9.39. The fraction of sp³-hybridized carbons (Fsp3) is 0.130. The van der Waals surface area contributed by atoms with Crippen LogP contribution in [0.3, 0.4) is 0 Å². The maximum absolute atomic E-state index is 12.8. The third-order valence-corrected chi connectivity index (χ3v) is 6.51. The van der Waals surface area contributed by atoms with Crippen LogP contribution in [0.1, 0.15) is 38.8 Å². The molecular weight excluding hydrogens is 436 g/mol. The number of hydrogen-bond donors (Lipinski definition) is 2. The summed E-state index contributed by atoms with van der Waals surface area (Å²) in [5.74, 6) is -0.654. The van der Waals surface area contributed by atoms with Crippen LogP contribution in [0.15, 0.2) is 65.6 Å². The van der Waals surface area contributed by atoms with Gasteiger partial charge >= 0.3 is 0 Å². The highest BCUT2D eigenvalue weighted by Crippen LogP contribution is 2.24. The maximum atomic E-state index is 12.8. The van der Waals surface area contributed by atoms with E-state index in [1.165, 1.54) is 25.1 Å². The highest BCUT2D eigenvalue weighted by molar-refractivity contribution is 7.92. The largest absolute Gasteiger partial charge is 0.322 e. The summed E-state index contributed by atoms with van der Waals surface area (Å²) in [6, 6.07) is 15.5. The van der Waals surface area contributed by atoms with Crippen LogP contribution in [0.5, 0.6) is 0 Å². The highest BCUT2D eigenvalue weighted by Gasteiger charge is 2.19. The third-order valence-electron chi connectivity index (χ3n) is 4.80. The van der Waals surface area contributed by atoms with E-state index in [2.05, 4.69) is 10.0 Å². The third kappa shape index (κ3) is 5.31. The topological polar surface area (TPSA) is 92.3 Å². The number of carbonyl (C=O) groups is 2. The normalized spacial score (nSPS) is 11.1. The van der Waals surface area contributed by atoms with Gasteiger partial charge in [0.25, 0.3) is 15.9 Å². The first-order chi connectivity index (χ1) is 14.6. The standard InChI is InChI=1S/C23H21ClN2O4S/c1-14-4-7-19(12-15(14)2)26-31(29,30)20-10-11-22(24)21(13-20)23(28)25-18-8-5-17(6-9-18)16(3)27/h4-13,26H,1-3H3,(H,25,28). The Morgan fingerprint density at radius 1 is 0.839 bits per heavy atom. The molecule has 3 aromatic rings. The lowest BCUT2D eigenvalue weighted by atomic mass is 10.1. The molecule has 2 N–H and O–H groups in total. The minimum Gasteiger partial charge on any atom is -0.322 e. The Kier molecular flexibility index (Phi) is 6.48. The van der Waals surface area contributed by atoms with Crippen molar-refractivity contribution in [2.75, 3.05) is 10.0 Å². The average Bonchev–Trinajstić information content (AvgIpc) is 2.71. The smallest absolute Gasteiger partial charge is 0.261 e. The summed E-state index contributed by atoms with van der Waals surface area (Å²) in [7, 11) is -3.93. The summed E-state index contributed by atoms with van der Waals surface area (Å²) in [5, 5.41) is 2.77. The minimum atomic E-state index is -3.93. The summed E-state index contributed by atoms with van der Waals surface area (Å²) in [4.78, 5) is 24.0. The molecule has 0 saturated heterocycles. The molecule has 0 radical (unpaired) electrons. The SMILES string of the molecule is CC(=O)c1ccc(NC(=O)c2cc(S(=O)(=O)Nc3ccc(C)c(C)c3)ccc2Cl)cc1. The Balaban J connectivity index is 1.85. The van der Waals surface area contributed by atoms with E-state index < -0.39 is 15.9 Å². The fourth-order valence-electron chi connectivity index (χ4n) is 2.85. The molecule has 8 heteroatoms. The number of rotatable bonds is 6. The van der Waals surface area contributed by atoms with Crippen LogP contribution in [0, 0.1) is 13.8 Å². The molecule has 31 heavy (non-hydrogen) atoms. The summed E-state index contributed by atoms with van der Waals surface area (Å²) in [6.45, 7) is 5.28. The molecule has 3 rings (SSSR count). The van der Waals surface area contributed by atoms with Crippen molar-refractivity contribution in [3.8, 4) is 0 Å². The molecule has 0 fully saturated rings.